The highest BCUT2D eigenvalue weighted by Crippen LogP contribution is 2.23. The summed E-state index contributed by atoms with van der Waals surface area (Å²) < 4.78 is 10.5. The molecule has 7 nitrogen and oxygen atoms in total. The van der Waals surface area contributed by atoms with Gasteiger partial charge in [-0.25, -0.2) is 9.59 Å². The molecule has 7 heteroatoms. The second-order valence-electron chi connectivity index (χ2n) is 6.36. The first-order valence-corrected chi connectivity index (χ1v) is 8.22. The summed E-state index contributed by atoms with van der Waals surface area (Å²) in [6.45, 7) is 5.29. The Balaban J connectivity index is 1.87. The summed E-state index contributed by atoms with van der Waals surface area (Å²) >= 11 is 0. The number of esters is 1. The quantitative estimate of drug-likeness (QED) is 0.299. The van der Waals surface area contributed by atoms with Crippen molar-refractivity contribution in [3.63, 3.8) is 0 Å². The molecule has 3 rings (SSSR count). The number of hydrogen-bond acceptors (Lipinski definition) is 6. The van der Waals surface area contributed by atoms with Crippen LogP contribution in [0.25, 0.3) is 11.0 Å². The Bertz CT molecular complexity index is 1130. The number of benzene rings is 2. The van der Waals surface area contributed by atoms with Gasteiger partial charge in [0.05, 0.1) is 10.5 Å². The third kappa shape index (κ3) is 3.72. The van der Waals surface area contributed by atoms with E-state index in [0.717, 1.165) is 11.1 Å². The van der Waals surface area contributed by atoms with Gasteiger partial charge in [0.15, 0.2) is 0 Å². The molecule has 27 heavy (non-hydrogen) atoms. The van der Waals surface area contributed by atoms with Gasteiger partial charge in [-0.15, -0.1) is 0 Å². The fraction of sp³-hybridized carbons (Fsp3) is 0.200. The van der Waals surface area contributed by atoms with E-state index in [1.807, 2.05) is 19.9 Å². The topological polar surface area (TPSA) is 99.7 Å². The Kier molecular flexibility index (Phi) is 4.77. The first-order chi connectivity index (χ1) is 12.8. The van der Waals surface area contributed by atoms with Crippen LogP contribution in [0.4, 0.5) is 5.69 Å². The summed E-state index contributed by atoms with van der Waals surface area (Å²) in [5.74, 6) is -0.627. The molecule has 1 heterocycles. The van der Waals surface area contributed by atoms with E-state index >= 15 is 0 Å². The SMILES string of the molecule is Cc1cc2oc(=O)cc(COC(=O)c3ccc([N+](=O)[O-])c(C)c3)c2cc1C. The van der Waals surface area contributed by atoms with E-state index in [4.69, 9.17) is 9.15 Å². The minimum absolute atomic E-state index is 0.0657. The van der Waals surface area contributed by atoms with E-state index in [1.165, 1.54) is 24.3 Å². The Morgan fingerprint density at radius 1 is 1.07 bits per heavy atom. The van der Waals surface area contributed by atoms with E-state index in [9.17, 15) is 19.7 Å². The van der Waals surface area contributed by atoms with Gasteiger partial charge in [-0.2, -0.15) is 0 Å². The second kappa shape index (κ2) is 7.03. The van der Waals surface area contributed by atoms with Crippen LogP contribution in [0, 0.1) is 30.9 Å². The molecule has 0 amide bonds. The lowest BCUT2D eigenvalue weighted by molar-refractivity contribution is -0.385. The van der Waals surface area contributed by atoms with E-state index in [-0.39, 0.29) is 17.9 Å². The fourth-order valence-electron chi connectivity index (χ4n) is 2.82. The zero-order chi connectivity index (χ0) is 19.7. The van der Waals surface area contributed by atoms with Crippen LogP contribution in [0.5, 0.6) is 0 Å². The smallest absolute Gasteiger partial charge is 0.338 e. The number of rotatable bonds is 4. The summed E-state index contributed by atoms with van der Waals surface area (Å²) in [5, 5.41) is 11.6. The minimum atomic E-state index is -0.627. The molecule has 0 bridgehead atoms. The maximum Gasteiger partial charge on any atom is 0.338 e. The van der Waals surface area contributed by atoms with Gasteiger partial charge in [-0.1, -0.05) is 0 Å². The van der Waals surface area contributed by atoms with Gasteiger partial charge in [0.25, 0.3) is 5.69 Å². The lowest BCUT2D eigenvalue weighted by Gasteiger charge is -2.09. The van der Waals surface area contributed by atoms with Gasteiger partial charge >= 0.3 is 11.6 Å². The predicted molar refractivity (Wildman–Crippen MR) is 98.9 cm³/mol. The summed E-state index contributed by atoms with van der Waals surface area (Å²) in [4.78, 5) is 34.5. The minimum Gasteiger partial charge on any atom is -0.457 e. The van der Waals surface area contributed by atoms with Gasteiger partial charge < -0.3 is 9.15 Å². The van der Waals surface area contributed by atoms with Crippen LogP contribution in [0.2, 0.25) is 0 Å². The number of fused-ring (bicyclic) bond motifs is 1. The number of aryl methyl sites for hydroxylation is 3. The van der Waals surface area contributed by atoms with Crippen LogP contribution < -0.4 is 5.63 Å². The monoisotopic (exact) mass is 367 g/mol. The molecular weight excluding hydrogens is 350 g/mol. The zero-order valence-electron chi connectivity index (χ0n) is 15.1. The molecule has 0 aliphatic rings. The number of carbonyl (C=O) groups is 1. The van der Waals surface area contributed by atoms with Gasteiger partial charge in [0, 0.05) is 28.6 Å². The molecule has 0 aliphatic heterocycles. The van der Waals surface area contributed by atoms with Crippen LogP contribution in [-0.2, 0) is 11.3 Å². The molecule has 138 valence electrons. The van der Waals surface area contributed by atoms with E-state index in [0.29, 0.717) is 22.1 Å². The van der Waals surface area contributed by atoms with Crippen molar-refractivity contribution in [3.05, 3.63) is 84.7 Å². The molecule has 0 radical (unpaired) electrons. The molecule has 2 aromatic carbocycles. The Hall–Kier alpha value is -3.48. The predicted octanol–water partition coefficient (Wildman–Crippen LogP) is 3.98. The number of hydrogen-bond donors (Lipinski definition) is 0. The molecule has 3 aromatic rings. The molecule has 0 N–H and O–H groups in total. The van der Waals surface area contributed by atoms with Crippen LogP contribution in [0.1, 0.15) is 32.6 Å². The van der Waals surface area contributed by atoms with Gasteiger partial charge in [-0.3, -0.25) is 10.1 Å². The summed E-state index contributed by atoms with van der Waals surface area (Å²) in [5.41, 5.74) is 2.96. The normalized spacial score (nSPS) is 10.8. The molecule has 0 fully saturated rings. The molecule has 0 spiro atoms. The van der Waals surface area contributed by atoms with Crippen molar-refractivity contribution in [3.8, 4) is 0 Å². The van der Waals surface area contributed by atoms with E-state index in [2.05, 4.69) is 0 Å². The third-order valence-electron chi connectivity index (χ3n) is 4.43. The maximum absolute atomic E-state index is 12.3. The lowest BCUT2D eigenvalue weighted by Crippen LogP contribution is -2.08. The van der Waals surface area contributed by atoms with Crippen molar-refractivity contribution in [1.29, 1.82) is 0 Å². The highest BCUT2D eigenvalue weighted by Gasteiger charge is 2.16. The molecule has 0 saturated heterocycles. The maximum atomic E-state index is 12.3. The highest BCUT2D eigenvalue weighted by atomic mass is 16.6. The number of nitrogens with zero attached hydrogens (tertiary/aromatic N) is 1. The zero-order valence-corrected chi connectivity index (χ0v) is 15.1. The fourth-order valence-corrected chi connectivity index (χ4v) is 2.82. The number of carbonyl (C=O) groups excluding carboxylic acids is 1. The van der Waals surface area contributed by atoms with Crippen molar-refractivity contribution >= 4 is 22.6 Å². The highest BCUT2D eigenvalue weighted by molar-refractivity contribution is 5.90. The van der Waals surface area contributed by atoms with Gasteiger partial charge in [0.2, 0.25) is 0 Å². The Morgan fingerprint density at radius 2 is 1.78 bits per heavy atom. The molecule has 0 unspecified atom stereocenters. The molecule has 1 aromatic heterocycles. The van der Waals surface area contributed by atoms with Gasteiger partial charge in [-0.05, 0) is 56.2 Å². The van der Waals surface area contributed by atoms with E-state index in [1.54, 1.807) is 13.0 Å². The van der Waals surface area contributed by atoms with Crippen LogP contribution in [-0.4, -0.2) is 10.9 Å². The second-order valence-corrected chi connectivity index (χ2v) is 6.36. The average molecular weight is 367 g/mol. The first kappa shape index (κ1) is 18.3. The van der Waals surface area contributed by atoms with Gasteiger partial charge in [0.1, 0.15) is 12.2 Å². The molecule has 0 saturated carbocycles. The lowest BCUT2D eigenvalue weighted by atomic mass is 10.0. The average Bonchev–Trinajstić information content (AvgIpc) is 2.60. The largest absolute Gasteiger partial charge is 0.457 e. The Labute approximate surface area is 154 Å². The summed E-state index contributed by atoms with van der Waals surface area (Å²) in [6.07, 6.45) is 0. The first-order valence-electron chi connectivity index (χ1n) is 8.22. The van der Waals surface area contributed by atoms with Crippen molar-refractivity contribution in [2.75, 3.05) is 0 Å². The van der Waals surface area contributed by atoms with Crippen LogP contribution in [0.15, 0.2) is 45.6 Å². The summed E-state index contributed by atoms with van der Waals surface area (Å²) in [7, 11) is 0. The van der Waals surface area contributed by atoms with E-state index < -0.39 is 16.5 Å². The van der Waals surface area contributed by atoms with Crippen molar-refractivity contribution in [1.82, 2.24) is 0 Å². The molecule has 0 aliphatic carbocycles. The number of ether oxygens (including phenoxy) is 1. The standard InChI is InChI=1S/C20H17NO6/c1-11-7-16-15(9-19(22)27-18(16)8-12(11)2)10-26-20(23)14-4-5-17(21(24)25)13(3)6-14/h4-9H,10H2,1-3H3. The van der Waals surface area contributed by atoms with Crippen molar-refractivity contribution in [2.24, 2.45) is 0 Å². The van der Waals surface area contributed by atoms with Crippen LogP contribution in [0.3, 0.4) is 0 Å². The molecule has 0 atom stereocenters. The van der Waals surface area contributed by atoms with Crippen molar-refractivity contribution < 1.29 is 18.9 Å². The number of nitro groups is 1. The summed E-state index contributed by atoms with van der Waals surface area (Å²) in [6, 6.07) is 8.98. The molecular formula is C20H17NO6. The number of nitro benzene ring substituents is 1. The van der Waals surface area contributed by atoms with Crippen LogP contribution >= 0.6 is 0 Å². The third-order valence-corrected chi connectivity index (χ3v) is 4.43. The Morgan fingerprint density at radius 3 is 2.44 bits per heavy atom. The van der Waals surface area contributed by atoms with Crippen molar-refractivity contribution in [2.45, 2.75) is 27.4 Å².